The molecule has 0 bridgehead atoms. The summed E-state index contributed by atoms with van der Waals surface area (Å²) in [7, 11) is 1.75. The smallest absolute Gasteiger partial charge is 0.0800 e. The van der Waals surface area contributed by atoms with Crippen molar-refractivity contribution in [2.75, 3.05) is 20.3 Å². The van der Waals surface area contributed by atoms with E-state index in [1.54, 1.807) is 7.11 Å². The third-order valence-corrected chi connectivity index (χ3v) is 3.60. The number of methoxy groups -OCH3 is 1. The molecular weight excluding hydrogens is 234 g/mol. The Morgan fingerprint density at radius 1 is 1.41 bits per heavy atom. The van der Waals surface area contributed by atoms with Crippen molar-refractivity contribution in [1.82, 2.24) is 14.9 Å². The summed E-state index contributed by atoms with van der Waals surface area (Å²) in [5, 5.41) is 7.77. The Balaban J connectivity index is 2.60. The van der Waals surface area contributed by atoms with Crippen molar-refractivity contribution in [2.45, 2.75) is 45.6 Å². The molecule has 0 amide bonds. The van der Waals surface area contributed by atoms with Gasteiger partial charge in [0.05, 0.1) is 10.6 Å². The summed E-state index contributed by atoms with van der Waals surface area (Å²) in [6.07, 6.45) is 4.26. The Morgan fingerprint density at radius 2 is 2.24 bits per heavy atom. The van der Waals surface area contributed by atoms with Crippen LogP contribution in [0.2, 0.25) is 0 Å². The zero-order valence-corrected chi connectivity index (χ0v) is 11.8. The predicted octanol–water partition coefficient (Wildman–Crippen LogP) is 2.57. The van der Waals surface area contributed by atoms with Gasteiger partial charge in [-0.25, -0.2) is 0 Å². The third kappa shape index (κ3) is 4.69. The first-order valence-electron chi connectivity index (χ1n) is 6.36. The standard InChI is InChI=1S/C12H23N3OS/c1-4-8-13-11(7-6-9-16-3)12-10(5-2)14-15-17-12/h11,13H,4-9H2,1-3H3. The van der Waals surface area contributed by atoms with E-state index < -0.39 is 0 Å². The largest absolute Gasteiger partial charge is 0.385 e. The normalized spacial score (nSPS) is 12.9. The van der Waals surface area contributed by atoms with Crippen molar-refractivity contribution >= 4 is 11.5 Å². The molecule has 1 rings (SSSR count). The Hall–Kier alpha value is -0.520. The van der Waals surface area contributed by atoms with Crippen LogP contribution in [0.3, 0.4) is 0 Å². The van der Waals surface area contributed by atoms with Gasteiger partial charge in [-0.15, -0.1) is 5.10 Å². The molecule has 0 saturated carbocycles. The quantitative estimate of drug-likeness (QED) is 0.691. The zero-order chi connectivity index (χ0) is 12.5. The second-order valence-electron chi connectivity index (χ2n) is 4.08. The molecule has 1 unspecified atom stereocenters. The van der Waals surface area contributed by atoms with Crippen LogP contribution in [-0.2, 0) is 11.2 Å². The van der Waals surface area contributed by atoms with Gasteiger partial charge in [0, 0.05) is 19.8 Å². The summed E-state index contributed by atoms with van der Waals surface area (Å²) >= 11 is 1.53. The lowest BCUT2D eigenvalue weighted by Crippen LogP contribution is -2.22. The first-order valence-corrected chi connectivity index (χ1v) is 7.14. The molecule has 5 heteroatoms. The number of aryl methyl sites for hydroxylation is 1. The van der Waals surface area contributed by atoms with Crippen LogP contribution in [0.1, 0.15) is 49.7 Å². The number of hydrogen-bond acceptors (Lipinski definition) is 5. The van der Waals surface area contributed by atoms with Crippen molar-refractivity contribution in [2.24, 2.45) is 0 Å². The van der Waals surface area contributed by atoms with Gasteiger partial charge in [0.25, 0.3) is 0 Å². The molecule has 1 aromatic rings. The van der Waals surface area contributed by atoms with Gasteiger partial charge in [0.2, 0.25) is 0 Å². The van der Waals surface area contributed by atoms with E-state index >= 15 is 0 Å². The molecule has 0 radical (unpaired) electrons. The van der Waals surface area contributed by atoms with Crippen LogP contribution in [0, 0.1) is 0 Å². The Bertz CT molecular complexity index is 304. The lowest BCUT2D eigenvalue weighted by molar-refractivity contribution is 0.189. The summed E-state index contributed by atoms with van der Waals surface area (Å²) in [5.74, 6) is 0. The summed E-state index contributed by atoms with van der Waals surface area (Å²) in [6, 6.07) is 0.389. The van der Waals surface area contributed by atoms with Gasteiger partial charge in [0.15, 0.2) is 0 Å². The number of nitrogens with one attached hydrogen (secondary N) is 1. The zero-order valence-electron chi connectivity index (χ0n) is 11.0. The average Bonchev–Trinajstić information content (AvgIpc) is 2.81. The van der Waals surface area contributed by atoms with Crippen molar-refractivity contribution < 1.29 is 4.74 Å². The van der Waals surface area contributed by atoms with Crippen molar-refractivity contribution in [3.8, 4) is 0 Å². The molecule has 0 aromatic carbocycles. The molecular formula is C12H23N3OS. The maximum atomic E-state index is 5.11. The summed E-state index contributed by atoms with van der Waals surface area (Å²) in [6.45, 7) is 6.17. The van der Waals surface area contributed by atoms with E-state index in [1.165, 1.54) is 16.4 Å². The highest BCUT2D eigenvalue weighted by atomic mass is 32.1. The van der Waals surface area contributed by atoms with E-state index in [0.717, 1.165) is 44.5 Å². The van der Waals surface area contributed by atoms with Gasteiger partial charge in [0.1, 0.15) is 0 Å². The predicted molar refractivity (Wildman–Crippen MR) is 71.4 cm³/mol. The minimum absolute atomic E-state index is 0.389. The molecule has 0 saturated heterocycles. The van der Waals surface area contributed by atoms with Crippen LogP contribution in [0.5, 0.6) is 0 Å². The van der Waals surface area contributed by atoms with Gasteiger partial charge >= 0.3 is 0 Å². The molecule has 98 valence electrons. The molecule has 0 aliphatic carbocycles. The highest BCUT2D eigenvalue weighted by molar-refractivity contribution is 7.05. The molecule has 1 N–H and O–H groups in total. The topological polar surface area (TPSA) is 47.0 Å². The number of aromatic nitrogens is 2. The van der Waals surface area contributed by atoms with E-state index in [9.17, 15) is 0 Å². The highest BCUT2D eigenvalue weighted by Crippen LogP contribution is 2.24. The maximum Gasteiger partial charge on any atom is 0.0800 e. The molecule has 0 aliphatic heterocycles. The van der Waals surface area contributed by atoms with Crippen LogP contribution in [-0.4, -0.2) is 29.8 Å². The molecule has 0 spiro atoms. The fourth-order valence-corrected chi connectivity index (χ4v) is 2.65. The Kier molecular flexibility index (Phi) is 7.32. The molecule has 1 heterocycles. The number of nitrogens with zero attached hydrogens (tertiary/aromatic N) is 2. The first-order chi connectivity index (χ1) is 8.33. The highest BCUT2D eigenvalue weighted by Gasteiger charge is 2.17. The minimum atomic E-state index is 0.389. The SMILES string of the molecule is CCCNC(CCCOC)c1snnc1CC. The van der Waals surface area contributed by atoms with Gasteiger partial charge in [-0.05, 0) is 43.8 Å². The van der Waals surface area contributed by atoms with Crippen molar-refractivity contribution in [3.05, 3.63) is 10.6 Å². The number of hydrogen-bond donors (Lipinski definition) is 1. The van der Waals surface area contributed by atoms with E-state index in [2.05, 4.69) is 28.8 Å². The molecule has 1 atom stereocenters. The van der Waals surface area contributed by atoms with Crippen LogP contribution >= 0.6 is 11.5 Å². The summed E-state index contributed by atoms with van der Waals surface area (Å²) < 4.78 is 9.19. The molecule has 0 aliphatic rings. The summed E-state index contributed by atoms with van der Waals surface area (Å²) in [5.41, 5.74) is 1.14. The minimum Gasteiger partial charge on any atom is -0.385 e. The van der Waals surface area contributed by atoms with E-state index in [4.69, 9.17) is 4.74 Å². The Labute approximate surface area is 108 Å². The lowest BCUT2D eigenvalue weighted by Gasteiger charge is -2.17. The fourth-order valence-electron chi connectivity index (χ4n) is 1.80. The van der Waals surface area contributed by atoms with Gasteiger partial charge < -0.3 is 10.1 Å². The van der Waals surface area contributed by atoms with E-state index in [0.29, 0.717) is 6.04 Å². The molecule has 17 heavy (non-hydrogen) atoms. The first kappa shape index (κ1) is 14.5. The number of ether oxygens (including phenoxy) is 1. The van der Waals surface area contributed by atoms with Crippen LogP contribution in [0.25, 0.3) is 0 Å². The van der Waals surface area contributed by atoms with Crippen LogP contribution in [0.4, 0.5) is 0 Å². The van der Waals surface area contributed by atoms with Gasteiger partial charge in [-0.2, -0.15) is 0 Å². The fraction of sp³-hybridized carbons (Fsp3) is 0.833. The van der Waals surface area contributed by atoms with Crippen molar-refractivity contribution in [1.29, 1.82) is 0 Å². The second kappa shape index (κ2) is 8.55. The van der Waals surface area contributed by atoms with Crippen LogP contribution < -0.4 is 5.32 Å². The van der Waals surface area contributed by atoms with Gasteiger partial charge in [-0.3, -0.25) is 0 Å². The van der Waals surface area contributed by atoms with E-state index in [1.807, 2.05) is 0 Å². The Morgan fingerprint density at radius 3 is 2.88 bits per heavy atom. The monoisotopic (exact) mass is 257 g/mol. The molecule has 1 aromatic heterocycles. The second-order valence-corrected chi connectivity index (χ2v) is 4.86. The third-order valence-electron chi connectivity index (χ3n) is 2.72. The lowest BCUT2D eigenvalue weighted by atomic mass is 10.1. The molecule has 4 nitrogen and oxygen atoms in total. The average molecular weight is 257 g/mol. The summed E-state index contributed by atoms with van der Waals surface area (Å²) in [4.78, 5) is 1.30. The van der Waals surface area contributed by atoms with Crippen LogP contribution in [0.15, 0.2) is 0 Å². The maximum absolute atomic E-state index is 5.11. The molecule has 0 fully saturated rings. The number of rotatable bonds is 9. The van der Waals surface area contributed by atoms with Gasteiger partial charge in [-0.1, -0.05) is 18.3 Å². The van der Waals surface area contributed by atoms with E-state index in [-0.39, 0.29) is 0 Å². The van der Waals surface area contributed by atoms with Crippen molar-refractivity contribution in [3.63, 3.8) is 0 Å².